The number of ketones is 2. The van der Waals surface area contributed by atoms with Crippen LogP contribution in [0.3, 0.4) is 0 Å². The van der Waals surface area contributed by atoms with Gasteiger partial charge >= 0.3 is 0 Å². The number of benzene rings is 2. The molecule has 0 bridgehead atoms. The van der Waals surface area contributed by atoms with Crippen molar-refractivity contribution in [3.63, 3.8) is 0 Å². The van der Waals surface area contributed by atoms with Gasteiger partial charge in [0, 0.05) is 15.6 Å². The van der Waals surface area contributed by atoms with Crippen molar-refractivity contribution in [2.24, 2.45) is 0 Å². The van der Waals surface area contributed by atoms with E-state index in [1.807, 2.05) is 0 Å². The zero-order valence-corrected chi connectivity index (χ0v) is 11.8. The molecule has 1 aliphatic carbocycles. The number of hydrogen-bond acceptors (Lipinski definition) is 4. The van der Waals surface area contributed by atoms with E-state index in [-0.39, 0.29) is 32.4 Å². The van der Waals surface area contributed by atoms with E-state index in [2.05, 4.69) is 15.9 Å². The van der Waals surface area contributed by atoms with Crippen molar-refractivity contribution in [2.45, 2.75) is 0 Å². The summed E-state index contributed by atoms with van der Waals surface area (Å²) in [5.41, 5.74) is 4.60. The highest BCUT2D eigenvalue weighted by atomic mass is 79.9. The van der Waals surface area contributed by atoms with Crippen LogP contribution in [0.25, 0.3) is 0 Å². The lowest BCUT2D eigenvalue weighted by Gasteiger charge is -2.20. The van der Waals surface area contributed by atoms with Gasteiger partial charge < -0.3 is 10.8 Å². The van der Waals surface area contributed by atoms with E-state index >= 15 is 0 Å². The highest BCUT2D eigenvalue weighted by molar-refractivity contribution is 9.10. The summed E-state index contributed by atoms with van der Waals surface area (Å²) in [7, 11) is 0. The Morgan fingerprint density at radius 1 is 0.952 bits per heavy atom. The molecule has 2 aromatic carbocycles. The second kappa shape index (κ2) is 4.36. The third kappa shape index (κ3) is 1.77. The number of phenols is 1. The van der Waals surface area contributed by atoms with Gasteiger partial charge in [-0.2, -0.15) is 0 Å². The Kier molecular flexibility index (Phi) is 2.84. The number of anilines is 1. The number of fused-ring (bicyclic) bond motifs is 2. The molecule has 7 heteroatoms. The van der Waals surface area contributed by atoms with Crippen LogP contribution in [-0.2, 0) is 0 Å². The molecule has 0 atom stereocenters. The van der Waals surface area contributed by atoms with Gasteiger partial charge in [0.15, 0.2) is 23.2 Å². The monoisotopic (exact) mass is 353 g/mol. The molecule has 3 N–H and O–H groups in total. The fourth-order valence-corrected chi connectivity index (χ4v) is 2.72. The van der Waals surface area contributed by atoms with Crippen LogP contribution >= 0.6 is 15.9 Å². The lowest BCUT2D eigenvalue weighted by Crippen LogP contribution is -2.23. The maximum atomic E-state index is 13.3. The molecular weight excluding hydrogens is 348 g/mol. The molecule has 1 aliphatic rings. The number of hydrogen-bond donors (Lipinski definition) is 2. The van der Waals surface area contributed by atoms with Crippen LogP contribution in [0.2, 0.25) is 0 Å². The van der Waals surface area contributed by atoms with E-state index < -0.39 is 29.0 Å². The summed E-state index contributed by atoms with van der Waals surface area (Å²) in [6.45, 7) is 0. The fraction of sp³-hybridized carbons (Fsp3) is 0. The summed E-state index contributed by atoms with van der Waals surface area (Å²) in [5.74, 6) is -4.47. The lowest BCUT2D eigenvalue weighted by atomic mass is 9.82. The molecule has 106 valence electrons. The van der Waals surface area contributed by atoms with Gasteiger partial charge in [-0.3, -0.25) is 9.59 Å². The van der Waals surface area contributed by atoms with Crippen LogP contribution < -0.4 is 5.73 Å². The fourth-order valence-electron chi connectivity index (χ4n) is 2.31. The van der Waals surface area contributed by atoms with Crippen LogP contribution in [0.5, 0.6) is 5.75 Å². The summed E-state index contributed by atoms with van der Waals surface area (Å²) < 4.78 is 26.8. The van der Waals surface area contributed by atoms with Crippen molar-refractivity contribution in [1.29, 1.82) is 0 Å². The molecule has 2 aromatic rings. The molecule has 0 unspecified atom stereocenters. The second-order valence-electron chi connectivity index (χ2n) is 4.51. The van der Waals surface area contributed by atoms with Crippen molar-refractivity contribution in [3.8, 4) is 5.75 Å². The van der Waals surface area contributed by atoms with Gasteiger partial charge in [-0.15, -0.1) is 0 Å². The summed E-state index contributed by atoms with van der Waals surface area (Å²) in [5, 5.41) is 9.87. The van der Waals surface area contributed by atoms with Crippen LogP contribution in [0.1, 0.15) is 31.8 Å². The van der Waals surface area contributed by atoms with Crippen LogP contribution in [-0.4, -0.2) is 16.7 Å². The smallest absolute Gasteiger partial charge is 0.198 e. The van der Waals surface area contributed by atoms with Gasteiger partial charge in [-0.1, -0.05) is 0 Å². The molecule has 0 fully saturated rings. The average Bonchev–Trinajstić information content (AvgIpc) is 2.42. The van der Waals surface area contributed by atoms with Gasteiger partial charge in [0.2, 0.25) is 0 Å². The number of halogens is 3. The molecule has 21 heavy (non-hydrogen) atoms. The molecule has 3 rings (SSSR count). The van der Waals surface area contributed by atoms with E-state index in [4.69, 9.17) is 5.73 Å². The number of phenolic OH excluding ortho intramolecular Hbond substituents is 1. The molecule has 0 spiro atoms. The third-order valence-corrected chi connectivity index (χ3v) is 3.96. The number of rotatable bonds is 0. The van der Waals surface area contributed by atoms with Crippen molar-refractivity contribution in [2.75, 3.05) is 5.73 Å². The van der Waals surface area contributed by atoms with Crippen LogP contribution in [0.4, 0.5) is 14.5 Å². The van der Waals surface area contributed by atoms with E-state index in [1.165, 1.54) is 6.07 Å². The Labute approximate surface area is 125 Å². The Hall–Kier alpha value is -2.28. The summed E-state index contributed by atoms with van der Waals surface area (Å²) in [6.07, 6.45) is 0. The Balaban J connectivity index is 2.41. The topological polar surface area (TPSA) is 80.4 Å². The predicted molar refractivity (Wildman–Crippen MR) is 73.4 cm³/mol. The van der Waals surface area contributed by atoms with Crippen molar-refractivity contribution in [3.05, 3.63) is 56.6 Å². The molecule has 4 nitrogen and oxygen atoms in total. The Morgan fingerprint density at radius 3 is 1.95 bits per heavy atom. The van der Waals surface area contributed by atoms with Crippen LogP contribution in [0.15, 0.2) is 22.7 Å². The largest absolute Gasteiger partial charge is 0.507 e. The minimum absolute atomic E-state index is 0.0449. The molecule has 0 aliphatic heterocycles. The normalized spacial score (nSPS) is 13.1. The number of carbonyl (C=O) groups excluding carboxylic acids is 2. The molecule has 0 heterocycles. The van der Waals surface area contributed by atoms with Crippen molar-refractivity contribution >= 4 is 33.2 Å². The lowest BCUT2D eigenvalue weighted by molar-refractivity contribution is 0.0976. The highest BCUT2D eigenvalue weighted by Crippen LogP contribution is 2.40. The Morgan fingerprint density at radius 2 is 1.43 bits per heavy atom. The maximum Gasteiger partial charge on any atom is 0.198 e. The minimum Gasteiger partial charge on any atom is -0.507 e. The molecular formula is C14H6BrF2NO3. The van der Waals surface area contributed by atoms with Gasteiger partial charge in [0.1, 0.15) is 5.75 Å². The van der Waals surface area contributed by atoms with Gasteiger partial charge in [-0.25, -0.2) is 8.78 Å². The van der Waals surface area contributed by atoms with Gasteiger partial charge in [0.05, 0.1) is 16.8 Å². The maximum absolute atomic E-state index is 13.3. The van der Waals surface area contributed by atoms with Gasteiger partial charge in [0.25, 0.3) is 0 Å². The molecule has 0 amide bonds. The first-order chi connectivity index (χ1) is 9.82. The number of carbonyl (C=O) groups is 2. The second-order valence-corrected chi connectivity index (χ2v) is 5.37. The van der Waals surface area contributed by atoms with E-state index in [1.54, 1.807) is 0 Å². The van der Waals surface area contributed by atoms with Gasteiger partial charge in [-0.05, 0) is 34.1 Å². The Bertz CT molecular complexity index is 849. The first-order valence-corrected chi connectivity index (χ1v) is 6.51. The summed E-state index contributed by atoms with van der Waals surface area (Å²) >= 11 is 3.06. The van der Waals surface area contributed by atoms with Crippen LogP contribution in [0, 0.1) is 11.6 Å². The minimum atomic E-state index is -1.25. The number of nitrogen functional groups attached to an aromatic ring is 1. The predicted octanol–water partition coefficient (Wildman–Crippen LogP) is 2.79. The quantitative estimate of drug-likeness (QED) is 0.481. The average molecular weight is 354 g/mol. The molecule has 0 radical (unpaired) electrons. The van der Waals surface area contributed by atoms with E-state index in [9.17, 15) is 23.5 Å². The molecule has 0 aromatic heterocycles. The summed E-state index contributed by atoms with van der Waals surface area (Å²) in [4.78, 5) is 24.7. The first-order valence-electron chi connectivity index (χ1n) is 5.72. The number of nitrogens with two attached hydrogens (primary N) is 1. The van der Waals surface area contributed by atoms with Crippen molar-refractivity contribution in [1.82, 2.24) is 0 Å². The first kappa shape index (κ1) is 13.7. The van der Waals surface area contributed by atoms with Crippen molar-refractivity contribution < 1.29 is 23.5 Å². The summed E-state index contributed by atoms with van der Waals surface area (Å²) in [6, 6.07) is 2.47. The zero-order chi connectivity index (χ0) is 15.5. The third-order valence-electron chi connectivity index (χ3n) is 3.30. The SMILES string of the molecule is Nc1c(Br)cc(O)c2c1C(=O)c1cc(F)c(F)cc1C2=O. The molecule has 0 saturated carbocycles. The number of aromatic hydroxyl groups is 1. The van der Waals surface area contributed by atoms with E-state index in [0.29, 0.717) is 12.1 Å². The highest BCUT2D eigenvalue weighted by Gasteiger charge is 2.35. The zero-order valence-electron chi connectivity index (χ0n) is 10.2. The standard InChI is InChI=1S/C14H6BrF2NO3/c15-6-3-9(19)10-11(12(6)18)14(21)5-2-8(17)7(16)1-4(5)13(10)20/h1-3,19H,18H2. The van der Waals surface area contributed by atoms with E-state index in [0.717, 1.165) is 0 Å². The molecule has 0 saturated heterocycles.